The second kappa shape index (κ2) is 11.6. The summed E-state index contributed by atoms with van der Waals surface area (Å²) in [6, 6.07) is 10.9. The number of hydrogen-bond acceptors (Lipinski definition) is 8. The lowest BCUT2D eigenvalue weighted by Gasteiger charge is -2.15. The molecular weight excluding hydrogens is 531 g/mol. The van der Waals surface area contributed by atoms with Crippen LogP contribution in [0.2, 0.25) is 0 Å². The number of pyridine rings is 1. The molecule has 4 aromatic rings. The molecule has 0 radical (unpaired) electrons. The number of para-hydroxylation sites is 2. The van der Waals surface area contributed by atoms with Crippen molar-refractivity contribution in [3.05, 3.63) is 65.7 Å². The first-order valence-corrected chi connectivity index (χ1v) is 12.1. The first-order chi connectivity index (χ1) is 19.1. The summed E-state index contributed by atoms with van der Waals surface area (Å²) in [6.07, 6.45) is -4.52. The number of ether oxygens (including phenoxy) is 2. The Balaban J connectivity index is 1.65. The Hall–Kier alpha value is -4.65. The molecule has 0 saturated heterocycles. The summed E-state index contributed by atoms with van der Waals surface area (Å²) in [4.78, 5) is 34.0. The van der Waals surface area contributed by atoms with Gasteiger partial charge in [0, 0.05) is 17.4 Å². The van der Waals surface area contributed by atoms with Crippen molar-refractivity contribution in [3.63, 3.8) is 0 Å². The minimum atomic E-state index is -4.66. The number of hydrogen-bond donors (Lipinski definition) is 3. The SMILES string of the molecule is COc1ccccc1NC(=O)[C@@H](C)NC(=O)c1nc(-c2ccc(OC)c3nc(C(F)(F)F)ccc23)oc1CCN. The lowest BCUT2D eigenvalue weighted by atomic mass is 10.1. The normalized spacial score (nSPS) is 12.2. The summed E-state index contributed by atoms with van der Waals surface area (Å²) < 4.78 is 56.2. The van der Waals surface area contributed by atoms with Gasteiger partial charge in [0.25, 0.3) is 5.91 Å². The van der Waals surface area contributed by atoms with Crippen LogP contribution in [0.15, 0.2) is 52.9 Å². The molecule has 1 atom stereocenters. The molecule has 0 aliphatic carbocycles. The predicted octanol–water partition coefficient (Wildman–Crippen LogP) is 4.18. The molecule has 0 fully saturated rings. The lowest BCUT2D eigenvalue weighted by Crippen LogP contribution is -2.42. The highest BCUT2D eigenvalue weighted by molar-refractivity contribution is 6.02. The van der Waals surface area contributed by atoms with E-state index in [0.29, 0.717) is 11.4 Å². The topological polar surface area (TPSA) is 142 Å². The molecule has 0 aliphatic heterocycles. The van der Waals surface area contributed by atoms with Crippen molar-refractivity contribution in [1.82, 2.24) is 15.3 Å². The van der Waals surface area contributed by atoms with Crippen LogP contribution in [-0.4, -0.2) is 48.6 Å². The van der Waals surface area contributed by atoms with E-state index in [2.05, 4.69) is 20.6 Å². The molecule has 210 valence electrons. The largest absolute Gasteiger partial charge is 0.495 e. The smallest absolute Gasteiger partial charge is 0.433 e. The first-order valence-electron chi connectivity index (χ1n) is 12.1. The Kier molecular flexibility index (Phi) is 8.24. The zero-order valence-corrected chi connectivity index (χ0v) is 21.8. The van der Waals surface area contributed by atoms with Gasteiger partial charge < -0.3 is 30.3 Å². The van der Waals surface area contributed by atoms with E-state index in [1.807, 2.05) is 0 Å². The van der Waals surface area contributed by atoms with Gasteiger partial charge in [0.15, 0.2) is 5.69 Å². The van der Waals surface area contributed by atoms with Gasteiger partial charge in [-0.05, 0) is 49.9 Å². The van der Waals surface area contributed by atoms with Crippen molar-refractivity contribution in [2.45, 2.75) is 25.6 Å². The number of anilines is 1. The third-order valence-electron chi connectivity index (χ3n) is 5.95. The van der Waals surface area contributed by atoms with E-state index in [9.17, 15) is 22.8 Å². The first kappa shape index (κ1) is 28.4. The number of methoxy groups -OCH3 is 2. The van der Waals surface area contributed by atoms with Crippen LogP contribution in [0.5, 0.6) is 11.5 Å². The Morgan fingerprint density at radius 1 is 1.02 bits per heavy atom. The van der Waals surface area contributed by atoms with Crippen molar-refractivity contribution in [3.8, 4) is 23.0 Å². The number of benzene rings is 2. The van der Waals surface area contributed by atoms with Crippen LogP contribution in [0, 0.1) is 0 Å². The molecule has 40 heavy (non-hydrogen) atoms. The Morgan fingerprint density at radius 3 is 2.42 bits per heavy atom. The fraction of sp³-hybridized carbons (Fsp3) is 0.259. The number of halogens is 3. The maximum absolute atomic E-state index is 13.3. The van der Waals surface area contributed by atoms with Crippen LogP contribution in [0.25, 0.3) is 22.4 Å². The average molecular weight is 558 g/mol. The summed E-state index contributed by atoms with van der Waals surface area (Å²) in [5, 5.41) is 5.55. The second-order valence-corrected chi connectivity index (χ2v) is 8.62. The van der Waals surface area contributed by atoms with Gasteiger partial charge in [-0.1, -0.05) is 12.1 Å². The van der Waals surface area contributed by atoms with E-state index < -0.39 is 29.7 Å². The Morgan fingerprint density at radius 2 is 1.75 bits per heavy atom. The van der Waals surface area contributed by atoms with Crippen molar-refractivity contribution >= 4 is 28.4 Å². The average Bonchev–Trinajstić information content (AvgIpc) is 3.35. The molecule has 2 heterocycles. The van der Waals surface area contributed by atoms with Gasteiger partial charge in [-0.2, -0.15) is 13.2 Å². The summed E-state index contributed by atoms with van der Waals surface area (Å²) in [5.74, 6) is -0.521. The quantitative estimate of drug-likeness (QED) is 0.278. The fourth-order valence-corrected chi connectivity index (χ4v) is 3.97. The highest BCUT2D eigenvalue weighted by Crippen LogP contribution is 2.37. The van der Waals surface area contributed by atoms with Gasteiger partial charge >= 0.3 is 6.18 Å². The van der Waals surface area contributed by atoms with Gasteiger partial charge in [0.2, 0.25) is 11.8 Å². The number of amides is 2. The van der Waals surface area contributed by atoms with E-state index >= 15 is 0 Å². The van der Waals surface area contributed by atoms with Crippen LogP contribution in [0.3, 0.4) is 0 Å². The molecule has 0 unspecified atom stereocenters. The van der Waals surface area contributed by atoms with E-state index in [-0.39, 0.29) is 52.5 Å². The number of nitrogens with two attached hydrogens (primary N) is 1. The molecule has 0 aliphatic rings. The summed E-state index contributed by atoms with van der Waals surface area (Å²) in [6.45, 7) is 1.62. The van der Waals surface area contributed by atoms with E-state index in [1.165, 1.54) is 33.3 Å². The molecule has 2 amide bonds. The Labute approximate surface area is 226 Å². The van der Waals surface area contributed by atoms with Crippen molar-refractivity contribution in [2.75, 3.05) is 26.1 Å². The maximum atomic E-state index is 13.3. The maximum Gasteiger partial charge on any atom is 0.433 e. The molecule has 2 aromatic heterocycles. The number of aromatic nitrogens is 2. The fourth-order valence-electron chi connectivity index (χ4n) is 3.97. The van der Waals surface area contributed by atoms with Gasteiger partial charge in [-0.15, -0.1) is 0 Å². The van der Waals surface area contributed by atoms with Gasteiger partial charge in [-0.3, -0.25) is 9.59 Å². The molecule has 0 spiro atoms. The van der Waals surface area contributed by atoms with Crippen molar-refractivity contribution in [2.24, 2.45) is 5.73 Å². The molecule has 0 bridgehead atoms. The van der Waals surface area contributed by atoms with E-state index in [0.717, 1.165) is 6.07 Å². The molecular formula is C27H26F3N5O5. The highest BCUT2D eigenvalue weighted by Gasteiger charge is 2.33. The minimum Gasteiger partial charge on any atom is -0.495 e. The van der Waals surface area contributed by atoms with E-state index in [1.54, 1.807) is 30.3 Å². The monoisotopic (exact) mass is 557 g/mol. The molecule has 10 nitrogen and oxygen atoms in total. The zero-order valence-electron chi connectivity index (χ0n) is 21.8. The van der Waals surface area contributed by atoms with Crippen LogP contribution >= 0.6 is 0 Å². The van der Waals surface area contributed by atoms with E-state index in [4.69, 9.17) is 19.6 Å². The van der Waals surface area contributed by atoms with Crippen LogP contribution in [0.4, 0.5) is 18.9 Å². The zero-order chi connectivity index (χ0) is 29.0. The van der Waals surface area contributed by atoms with Gasteiger partial charge in [0.1, 0.15) is 34.5 Å². The molecule has 4 N–H and O–H groups in total. The summed E-state index contributed by atoms with van der Waals surface area (Å²) >= 11 is 0. The lowest BCUT2D eigenvalue weighted by molar-refractivity contribution is -0.141. The van der Waals surface area contributed by atoms with Gasteiger partial charge in [0.05, 0.1) is 19.9 Å². The standard InChI is InChI=1S/C27H26F3N5O5/c1-14(24(36)33-17-6-4-5-7-18(17)38-2)32-25(37)23-20(12-13-31)40-26(35-23)16-8-10-19(39-3)22-15(16)9-11-21(34-22)27(28,29)30/h4-11,14H,12-13,31H2,1-3H3,(H,32,37)(H,33,36)/t14-/m1/s1. The number of fused-ring (bicyclic) bond motifs is 1. The summed E-state index contributed by atoms with van der Waals surface area (Å²) in [7, 11) is 2.78. The Bertz CT molecular complexity index is 1550. The number of alkyl halides is 3. The number of carbonyl (C=O) groups excluding carboxylic acids is 2. The molecule has 13 heteroatoms. The van der Waals surface area contributed by atoms with Crippen LogP contribution in [0.1, 0.15) is 28.9 Å². The van der Waals surface area contributed by atoms with Gasteiger partial charge in [-0.25, -0.2) is 9.97 Å². The number of carbonyl (C=O) groups is 2. The predicted molar refractivity (Wildman–Crippen MR) is 140 cm³/mol. The van der Waals surface area contributed by atoms with Crippen molar-refractivity contribution in [1.29, 1.82) is 0 Å². The molecule has 4 rings (SSSR count). The second-order valence-electron chi connectivity index (χ2n) is 8.62. The number of rotatable bonds is 9. The number of nitrogens with zero attached hydrogens (tertiary/aromatic N) is 2. The minimum absolute atomic E-state index is 0.0334. The molecule has 0 saturated carbocycles. The third kappa shape index (κ3) is 5.83. The van der Waals surface area contributed by atoms with Crippen LogP contribution in [-0.2, 0) is 17.4 Å². The molecule has 2 aromatic carbocycles. The van der Waals surface area contributed by atoms with Crippen LogP contribution < -0.4 is 25.8 Å². The summed E-state index contributed by atoms with van der Waals surface area (Å²) in [5.41, 5.74) is 5.16. The van der Waals surface area contributed by atoms with Crippen molar-refractivity contribution < 1.29 is 36.7 Å². The highest BCUT2D eigenvalue weighted by atomic mass is 19.4. The number of oxazole rings is 1. The third-order valence-corrected chi connectivity index (χ3v) is 5.95. The number of nitrogens with one attached hydrogen (secondary N) is 2.